The van der Waals surface area contributed by atoms with Crippen molar-refractivity contribution in [3.05, 3.63) is 22.3 Å². The SMILES string of the molecule is CC1=C(C)C(Cl)(C(C)C)C(C)=C1C. The molecule has 0 nitrogen and oxygen atoms in total. The van der Waals surface area contributed by atoms with Gasteiger partial charge < -0.3 is 0 Å². The third-order valence-electron chi connectivity index (χ3n) is 3.57. The van der Waals surface area contributed by atoms with E-state index in [4.69, 9.17) is 11.6 Å². The van der Waals surface area contributed by atoms with Crippen LogP contribution in [0, 0.1) is 5.92 Å². The Labute approximate surface area is 86.7 Å². The van der Waals surface area contributed by atoms with E-state index < -0.39 is 0 Å². The fourth-order valence-electron chi connectivity index (χ4n) is 2.26. The molecule has 0 saturated heterocycles. The fourth-order valence-corrected chi connectivity index (χ4v) is 2.54. The minimum Gasteiger partial charge on any atom is -0.109 e. The highest BCUT2D eigenvalue weighted by Gasteiger charge is 2.41. The number of alkyl halides is 1. The Morgan fingerprint density at radius 2 is 1.23 bits per heavy atom. The van der Waals surface area contributed by atoms with Gasteiger partial charge in [0.15, 0.2) is 0 Å². The topological polar surface area (TPSA) is 0 Å². The van der Waals surface area contributed by atoms with Crippen LogP contribution in [0.5, 0.6) is 0 Å². The molecule has 0 radical (unpaired) electrons. The zero-order valence-electron chi connectivity index (χ0n) is 9.46. The van der Waals surface area contributed by atoms with Crippen molar-refractivity contribution in [2.24, 2.45) is 5.92 Å². The summed E-state index contributed by atoms with van der Waals surface area (Å²) in [5, 5.41) is 0. The molecular weight excluding hydrogens is 180 g/mol. The van der Waals surface area contributed by atoms with Gasteiger partial charge in [0, 0.05) is 0 Å². The van der Waals surface area contributed by atoms with Crippen LogP contribution in [0.1, 0.15) is 41.5 Å². The smallest absolute Gasteiger partial charge is 0.0893 e. The molecule has 0 N–H and O–H groups in total. The van der Waals surface area contributed by atoms with E-state index in [2.05, 4.69) is 41.5 Å². The second kappa shape index (κ2) is 3.16. The van der Waals surface area contributed by atoms with Crippen LogP contribution in [0.3, 0.4) is 0 Å². The lowest BCUT2D eigenvalue weighted by atomic mass is 9.85. The average molecular weight is 199 g/mol. The Morgan fingerprint density at radius 3 is 1.38 bits per heavy atom. The number of rotatable bonds is 1. The van der Waals surface area contributed by atoms with E-state index in [1.54, 1.807) is 0 Å². The van der Waals surface area contributed by atoms with Crippen LogP contribution in [-0.4, -0.2) is 4.87 Å². The van der Waals surface area contributed by atoms with Gasteiger partial charge in [-0.1, -0.05) is 13.8 Å². The van der Waals surface area contributed by atoms with Crippen molar-refractivity contribution >= 4 is 11.6 Å². The third kappa shape index (κ3) is 1.27. The first-order valence-electron chi connectivity index (χ1n) is 4.88. The van der Waals surface area contributed by atoms with Gasteiger partial charge in [-0.2, -0.15) is 0 Å². The maximum Gasteiger partial charge on any atom is 0.0893 e. The zero-order valence-corrected chi connectivity index (χ0v) is 10.2. The number of hydrogen-bond donors (Lipinski definition) is 0. The van der Waals surface area contributed by atoms with E-state index >= 15 is 0 Å². The minimum atomic E-state index is -0.214. The fraction of sp³-hybridized carbons (Fsp3) is 0.667. The van der Waals surface area contributed by atoms with Gasteiger partial charge in [0.25, 0.3) is 0 Å². The summed E-state index contributed by atoms with van der Waals surface area (Å²) in [4.78, 5) is -0.214. The van der Waals surface area contributed by atoms with Crippen LogP contribution in [0.2, 0.25) is 0 Å². The molecule has 0 aliphatic heterocycles. The van der Waals surface area contributed by atoms with Crippen LogP contribution in [0.25, 0.3) is 0 Å². The molecule has 1 heteroatoms. The van der Waals surface area contributed by atoms with E-state index in [0.29, 0.717) is 5.92 Å². The van der Waals surface area contributed by atoms with Crippen molar-refractivity contribution < 1.29 is 0 Å². The third-order valence-corrected chi connectivity index (χ3v) is 4.58. The Morgan fingerprint density at radius 1 is 0.923 bits per heavy atom. The summed E-state index contributed by atoms with van der Waals surface area (Å²) in [6.45, 7) is 13.0. The molecule has 13 heavy (non-hydrogen) atoms. The predicted molar refractivity (Wildman–Crippen MR) is 60.2 cm³/mol. The van der Waals surface area contributed by atoms with Gasteiger partial charge >= 0.3 is 0 Å². The van der Waals surface area contributed by atoms with Crippen LogP contribution in [0.15, 0.2) is 22.3 Å². The molecule has 1 rings (SSSR count). The standard InChI is InChI=1S/C12H19Cl/c1-7(2)12(13)10(5)8(3)9(4)11(12)6/h7H,1-6H3. The van der Waals surface area contributed by atoms with Crippen molar-refractivity contribution in [2.75, 3.05) is 0 Å². The van der Waals surface area contributed by atoms with Crippen molar-refractivity contribution in [1.82, 2.24) is 0 Å². The molecule has 0 amide bonds. The van der Waals surface area contributed by atoms with Gasteiger partial charge in [0.05, 0.1) is 4.87 Å². The van der Waals surface area contributed by atoms with Gasteiger partial charge in [-0.05, 0) is 55.9 Å². The summed E-state index contributed by atoms with van der Waals surface area (Å²) in [6, 6.07) is 0. The summed E-state index contributed by atoms with van der Waals surface area (Å²) in [7, 11) is 0. The van der Waals surface area contributed by atoms with Crippen molar-refractivity contribution in [1.29, 1.82) is 0 Å². The average Bonchev–Trinajstić information content (AvgIpc) is 2.22. The normalized spacial score (nSPS) is 22.2. The lowest BCUT2D eigenvalue weighted by Gasteiger charge is -2.30. The summed E-state index contributed by atoms with van der Waals surface area (Å²) < 4.78 is 0. The molecule has 0 aromatic heterocycles. The molecule has 0 fully saturated rings. The summed E-state index contributed by atoms with van der Waals surface area (Å²) in [5.74, 6) is 0.460. The highest BCUT2D eigenvalue weighted by Crippen LogP contribution is 2.48. The monoisotopic (exact) mass is 198 g/mol. The van der Waals surface area contributed by atoms with Crippen LogP contribution < -0.4 is 0 Å². The molecule has 74 valence electrons. The molecule has 0 aromatic rings. The summed E-state index contributed by atoms with van der Waals surface area (Å²) >= 11 is 6.68. The van der Waals surface area contributed by atoms with Gasteiger partial charge in [0.2, 0.25) is 0 Å². The summed E-state index contributed by atoms with van der Waals surface area (Å²) in [5.41, 5.74) is 5.42. The lowest BCUT2D eigenvalue weighted by Crippen LogP contribution is -2.29. The van der Waals surface area contributed by atoms with Gasteiger partial charge in [0.1, 0.15) is 0 Å². The molecule has 0 spiro atoms. The highest BCUT2D eigenvalue weighted by molar-refractivity contribution is 6.28. The molecule has 0 atom stereocenters. The molecular formula is C12H19Cl. The Balaban J connectivity index is 3.31. The Bertz CT molecular complexity index is 268. The second-order valence-electron chi connectivity index (χ2n) is 4.37. The van der Waals surface area contributed by atoms with Crippen molar-refractivity contribution in [3.63, 3.8) is 0 Å². The van der Waals surface area contributed by atoms with E-state index in [9.17, 15) is 0 Å². The molecule has 0 heterocycles. The molecule has 0 bridgehead atoms. The first-order valence-corrected chi connectivity index (χ1v) is 5.26. The first kappa shape index (κ1) is 10.8. The maximum atomic E-state index is 6.68. The largest absolute Gasteiger partial charge is 0.109 e. The zero-order chi connectivity index (χ0) is 10.4. The number of allylic oxidation sites excluding steroid dienone is 4. The second-order valence-corrected chi connectivity index (χ2v) is 4.96. The molecule has 0 unspecified atom stereocenters. The van der Waals surface area contributed by atoms with E-state index in [-0.39, 0.29) is 4.87 Å². The van der Waals surface area contributed by atoms with Crippen LogP contribution >= 0.6 is 11.6 Å². The van der Waals surface area contributed by atoms with Gasteiger partial charge in [-0.3, -0.25) is 0 Å². The Hall–Kier alpha value is -0.230. The molecule has 0 aromatic carbocycles. The molecule has 1 aliphatic rings. The minimum absolute atomic E-state index is 0.214. The van der Waals surface area contributed by atoms with Crippen molar-refractivity contribution in [3.8, 4) is 0 Å². The van der Waals surface area contributed by atoms with Gasteiger partial charge in [-0.15, -0.1) is 11.6 Å². The van der Waals surface area contributed by atoms with Gasteiger partial charge in [-0.25, -0.2) is 0 Å². The lowest BCUT2D eigenvalue weighted by molar-refractivity contribution is 0.540. The number of halogens is 1. The van der Waals surface area contributed by atoms with E-state index in [1.807, 2.05) is 0 Å². The van der Waals surface area contributed by atoms with Crippen LogP contribution in [0.4, 0.5) is 0 Å². The van der Waals surface area contributed by atoms with E-state index in [0.717, 1.165) is 0 Å². The number of hydrogen-bond acceptors (Lipinski definition) is 0. The Kier molecular flexibility index (Phi) is 2.64. The highest BCUT2D eigenvalue weighted by atomic mass is 35.5. The van der Waals surface area contributed by atoms with E-state index in [1.165, 1.54) is 22.3 Å². The predicted octanol–water partition coefficient (Wildman–Crippen LogP) is 4.31. The quantitative estimate of drug-likeness (QED) is 0.551. The molecule has 1 aliphatic carbocycles. The maximum absolute atomic E-state index is 6.68. The van der Waals surface area contributed by atoms with Crippen molar-refractivity contribution in [2.45, 2.75) is 46.4 Å². The first-order chi connectivity index (χ1) is 5.83. The van der Waals surface area contributed by atoms with Crippen LogP contribution in [-0.2, 0) is 0 Å². The molecule has 0 saturated carbocycles. The summed E-state index contributed by atoms with van der Waals surface area (Å²) in [6.07, 6.45) is 0.